The Morgan fingerprint density at radius 1 is 1.03 bits per heavy atom. The summed E-state index contributed by atoms with van der Waals surface area (Å²) in [6.07, 6.45) is 3.41. The van der Waals surface area contributed by atoms with E-state index in [-0.39, 0.29) is 23.2 Å². The monoisotopic (exact) mass is 456 g/mol. The molecule has 2 aromatic carbocycles. The molecule has 1 unspecified atom stereocenters. The highest BCUT2D eigenvalue weighted by Crippen LogP contribution is 2.47. The van der Waals surface area contributed by atoms with Gasteiger partial charge in [-0.15, -0.1) is 0 Å². The van der Waals surface area contributed by atoms with Gasteiger partial charge in [0.25, 0.3) is 5.91 Å². The molecule has 34 heavy (non-hydrogen) atoms. The number of aromatic hydroxyl groups is 1. The van der Waals surface area contributed by atoms with Crippen molar-refractivity contribution in [1.82, 2.24) is 20.1 Å². The predicted molar refractivity (Wildman–Crippen MR) is 126 cm³/mol. The Morgan fingerprint density at radius 2 is 1.68 bits per heavy atom. The van der Waals surface area contributed by atoms with Crippen LogP contribution in [0.15, 0.2) is 60.9 Å². The minimum absolute atomic E-state index is 0.0927. The molecular weight excluding hydrogens is 432 g/mol. The van der Waals surface area contributed by atoms with Crippen molar-refractivity contribution in [2.24, 2.45) is 0 Å². The van der Waals surface area contributed by atoms with Gasteiger partial charge in [0, 0.05) is 30.1 Å². The van der Waals surface area contributed by atoms with Gasteiger partial charge < -0.3 is 19.5 Å². The first kappa shape index (κ1) is 21.5. The number of aromatic nitrogens is 3. The molecule has 0 saturated heterocycles. The van der Waals surface area contributed by atoms with Gasteiger partial charge in [0.15, 0.2) is 11.5 Å². The van der Waals surface area contributed by atoms with Crippen molar-refractivity contribution in [1.29, 1.82) is 0 Å². The zero-order valence-electron chi connectivity index (χ0n) is 19.1. The summed E-state index contributed by atoms with van der Waals surface area (Å²) in [6.45, 7) is 2.39. The van der Waals surface area contributed by atoms with E-state index in [1.807, 2.05) is 43.3 Å². The van der Waals surface area contributed by atoms with Crippen molar-refractivity contribution in [2.75, 3.05) is 14.2 Å². The zero-order valence-corrected chi connectivity index (χ0v) is 19.1. The standard InChI is InChI=1S/C26H24N4O4/c1-15-4-6-17(7-5-15)22-21-23(29-28-22)26(32)30(14-16-8-10-27-11-9-16)24(21)18-12-19(33-2)25(31)20(13-18)34-3/h4-13,24,31H,14H2,1-3H3,(H,28,29). The van der Waals surface area contributed by atoms with Crippen LogP contribution >= 0.6 is 0 Å². The molecule has 0 saturated carbocycles. The third-order valence-corrected chi connectivity index (χ3v) is 6.11. The molecule has 1 amide bonds. The van der Waals surface area contributed by atoms with Crippen LogP contribution < -0.4 is 9.47 Å². The maximum Gasteiger partial charge on any atom is 0.273 e. The topological polar surface area (TPSA) is 101 Å². The smallest absolute Gasteiger partial charge is 0.273 e. The van der Waals surface area contributed by atoms with Gasteiger partial charge in [0.2, 0.25) is 5.75 Å². The highest BCUT2D eigenvalue weighted by Gasteiger charge is 2.42. The third-order valence-electron chi connectivity index (χ3n) is 6.11. The molecule has 1 atom stereocenters. The van der Waals surface area contributed by atoms with Crippen molar-refractivity contribution < 1.29 is 19.4 Å². The van der Waals surface area contributed by atoms with Gasteiger partial charge in [-0.05, 0) is 42.3 Å². The molecule has 5 rings (SSSR count). The van der Waals surface area contributed by atoms with Crippen LogP contribution in [0.4, 0.5) is 0 Å². The Morgan fingerprint density at radius 3 is 2.29 bits per heavy atom. The summed E-state index contributed by atoms with van der Waals surface area (Å²) in [5.74, 6) is 0.276. The summed E-state index contributed by atoms with van der Waals surface area (Å²) in [5, 5.41) is 17.9. The lowest BCUT2D eigenvalue weighted by atomic mass is 9.95. The van der Waals surface area contributed by atoms with Crippen molar-refractivity contribution in [2.45, 2.75) is 19.5 Å². The van der Waals surface area contributed by atoms with E-state index in [1.54, 1.807) is 29.4 Å². The van der Waals surface area contributed by atoms with E-state index in [1.165, 1.54) is 14.2 Å². The number of hydrogen-bond donors (Lipinski definition) is 2. The molecule has 8 nitrogen and oxygen atoms in total. The largest absolute Gasteiger partial charge is 0.502 e. The Hall–Kier alpha value is -4.33. The van der Waals surface area contributed by atoms with Crippen molar-refractivity contribution >= 4 is 5.91 Å². The minimum Gasteiger partial charge on any atom is -0.502 e. The number of aromatic amines is 1. The van der Waals surface area contributed by atoms with Gasteiger partial charge in [-0.1, -0.05) is 29.8 Å². The number of ether oxygens (including phenoxy) is 2. The Bertz CT molecular complexity index is 1320. The van der Waals surface area contributed by atoms with Gasteiger partial charge in [-0.2, -0.15) is 5.10 Å². The molecule has 0 spiro atoms. The van der Waals surface area contributed by atoms with Crippen molar-refractivity contribution in [3.8, 4) is 28.5 Å². The number of aryl methyl sites for hydroxylation is 1. The maximum atomic E-state index is 13.6. The molecule has 8 heteroatoms. The van der Waals surface area contributed by atoms with E-state index in [0.717, 1.165) is 27.8 Å². The molecule has 0 aliphatic carbocycles. The number of hydrogen-bond acceptors (Lipinski definition) is 6. The average molecular weight is 457 g/mol. The van der Waals surface area contributed by atoms with Crippen LogP contribution in [-0.4, -0.2) is 45.3 Å². The highest BCUT2D eigenvalue weighted by molar-refractivity contribution is 6.00. The second-order valence-corrected chi connectivity index (χ2v) is 8.19. The highest BCUT2D eigenvalue weighted by atomic mass is 16.5. The van der Waals surface area contributed by atoms with Crippen LogP contribution in [0, 0.1) is 6.92 Å². The number of carbonyl (C=O) groups excluding carboxylic acids is 1. The molecule has 0 bridgehead atoms. The zero-order chi connectivity index (χ0) is 23.8. The number of nitrogens with zero attached hydrogens (tertiary/aromatic N) is 3. The number of phenolic OH excluding ortho intramolecular Hbond substituents is 1. The fraction of sp³-hybridized carbons (Fsp3) is 0.192. The van der Waals surface area contributed by atoms with E-state index < -0.39 is 6.04 Å². The Labute approximate surface area is 196 Å². The van der Waals surface area contributed by atoms with E-state index in [0.29, 0.717) is 17.9 Å². The molecule has 172 valence electrons. The summed E-state index contributed by atoms with van der Waals surface area (Å²) in [4.78, 5) is 19.4. The van der Waals surface area contributed by atoms with E-state index in [2.05, 4.69) is 15.2 Å². The van der Waals surface area contributed by atoms with Gasteiger partial charge in [-0.3, -0.25) is 14.9 Å². The van der Waals surface area contributed by atoms with E-state index >= 15 is 0 Å². The van der Waals surface area contributed by atoms with Gasteiger partial charge in [0.05, 0.1) is 26.0 Å². The number of pyridine rings is 1. The van der Waals surface area contributed by atoms with E-state index in [9.17, 15) is 9.90 Å². The maximum absolute atomic E-state index is 13.6. The lowest BCUT2D eigenvalue weighted by molar-refractivity contribution is 0.0729. The molecule has 1 aliphatic rings. The fourth-order valence-corrected chi connectivity index (χ4v) is 4.39. The number of fused-ring (bicyclic) bond motifs is 1. The summed E-state index contributed by atoms with van der Waals surface area (Å²) in [7, 11) is 2.96. The van der Waals surface area contributed by atoms with Gasteiger partial charge in [-0.25, -0.2) is 0 Å². The number of rotatable bonds is 6. The first-order chi connectivity index (χ1) is 16.5. The molecule has 2 N–H and O–H groups in total. The normalized spacial score (nSPS) is 14.9. The van der Waals surface area contributed by atoms with Crippen molar-refractivity contribution in [3.63, 3.8) is 0 Å². The first-order valence-corrected chi connectivity index (χ1v) is 10.8. The quantitative estimate of drug-likeness (QED) is 0.450. The van der Waals surface area contributed by atoms with Crippen LogP contribution in [0.2, 0.25) is 0 Å². The Kier molecular flexibility index (Phi) is 5.41. The van der Waals surface area contributed by atoms with Crippen LogP contribution in [0.5, 0.6) is 17.2 Å². The van der Waals surface area contributed by atoms with Crippen molar-refractivity contribution in [3.05, 3.63) is 88.9 Å². The fourth-order valence-electron chi connectivity index (χ4n) is 4.39. The lowest BCUT2D eigenvalue weighted by Gasteiger charge is -2.27. The van der Waals surface area contributed by atoms with E-state index in [4.69, 9.17) is 9.47 Å². The number of H-pyrrole nitrogens is 1. The molecular formula is C26H24N4O4. The second-order valence-electron chi connectivity index (χ2n) is 8.19. The Balaban J connectivity index is 1.70. The SMILES string of the molecule is COc1cc(C2c3c(-c4ccc(C)cc4)n[nH]c3C(=O)N2Cc2ccncc2)cc(OC)c1O. The lowest BCUT2D eigenvalue weighted by Crippen LogP contribution is -2.29. The molecule has 4 aromatic rings. The number of methoxy groups -OCH3 is 2. The van der Waals surface area contributed by atoms with Crippen LogP contribution in [0.25, 0.3) is 11.3 Å². The third kappa shape index (κ3) is 3.53. The average Bonchev–Trinajstić information content (AvgIpc) is 3.40. The first-order valence-electron chi connectivity index (χ1n) is 10.8. The summed E-state index contributed by atoms with van der Waals surface area (Å²) in [6, 6.07) is 14.8. The van der Waals surface area contributed by atoms with Crippen LogP contribution in [0.1, 0.15) is 38.8 Å². The minimum atomic E-state index is -0.478. The molecule has 0 radical (unpaired) electrons. The predicted octanol–water partition coefficient (Wildman–Crippen LogP) is 4.25. The number of nitrogens with one attached hydrogen (secondary N) is 1. The second kappa shape index (κ2) is 8.55. The number of benzene rings is 2. The number of amides is 1. The van der Waals surface area contributed by atoms with Crippen LogP contribution in [-0.2, 0) is 6.54 Å². The summed E-state index contributed by atoms with van der Waals surface area (Å²) >= 11 is 0. The van der Waals surface area contributed by atoms with Gasteiger partial charge >= 0.3 is 0 Å². The van der Waals surface area contributed by atoms with Gasteiger partial charge in [0.1, 0.15) is 5.69 Å². The number of carbonyl (C=O) groups is 1. The molecule has 3 heterocycles. The number of phenols is 1. The summed E-state index contributed by atoms with van der Waals surface area (Å²) in [5.41, 5.74) is 5.65. The molecule has 2 aromatic heterocycles. The molecule has 1 aliphatic heterocycles. The molecule has 0 fully saturated rings. The van der Waals surface area contributed by atoms with Crippen LogP contribution in [0.3, 0.4) is 0 Å². The summed E-state index contributed by atoms with van der Waals surface area (Å²) < 4.78 is 10.8.